The second-order valence-corrected chi connectivity index (χ2v) is 8.72. The SMILES string of the molecule is COC(=O)/C=C/c1ccc(Oc2c(C(=O)c3ccc4cccnc4c3)sc3cc(F)ccc23)cc1. The number of fused-ring (bicyclic) bond motifs is 2. The molecular weight excluding hydrogens is 465 g/mol. The number of nitrogens with zero attached hydrogens (tertiary/aromatic N) is 1. The van der Waals surface area contributed by atoms with Gasteiger partial charge in [-0.25, -0.2) is 9.18 Å². The molecule has 0 saturated carbocycles. The van der Waals surface area contributed by atoms with Crippen LogP contribution in [0.4, 0.5) is 4.39 Å². The predicted molar refractivity (Wildman–Crippen MR) is 135 cm³/mol. The minimum atomic E-state index is -0.450. The number of methoxy groups -OCH3 is 1. The van der Waals surface area contributed by atoms with E-state index >= 15 is 0 Å². The normalized spacial score (nSPS) is 11.3. The Kier molecular flexibility index (Phi) is 6.08. The van der Waals surface area contributed by atoms with Crippen molar-refractivity contribution in [2.24, 2.45) is 0 Å². The molecule has 3 aromatic carbocycles. The van der Waals surface area contributed by atoms with Gasteiger partial charge in [-0.05, 0) is 54.1 Å². The Morgan fingerprint density at radius 3 is 2.63 bits per heavy atom. The summed E-state index contributed by atoms with van der Waals surface area (Å²) in [7, 11) is 1.31. The first-order valence-corrected chi connectivity index (χ1v) is 11.5. The molecule has 5 rings (SSSR count). The molecule has 0 aliphatic carbocycles. The molecule has 0 aliphatic heterocycles. The molecule has 0 N–H and O–H groups in total. The minimum Gasteiger partial charge on any atom is -0.466 e. The van der Waals surface area contributed by atoms with Crippen LogP contribution in [0.3, 0.4) is 0 Å². The Hall–Kier alpha value is -4.36. The smallest absolute Gasteiger partial charge is 0.330 e. The van der Waals surface area contributed by atoms with E-state index in [1.807, 2.05) is 18.2 Å². The highest BCUT2D eigenvalue weighted by molar-refractivity contribution is 7.21. The number of benzene rings is 3. The number of esters is 1. The van der Waals surface area contributed by atoms with Gasteiger partial charge in [-0.1, -0.05) is 30.3 Å². The van der Waals surface area contributed by atoms with E-state index in [-0.39, 0.29) is 11.6 Å². The van der Waals surface area contributed by atoms with Crippen LogP contribution in [0.1, 0.15) is 20.8 Å². The van der Waals surface area contributed by atoms with Gasteiger partial charge in [0.1, 0.15) is 16.4 Å². The number of hydrogen-bond donors (Lipinski definition) is 0. The van der Waals surface area contributed by atoms with Gasteiger partial charge < -0.3 is 9.47 Å². The maximum Gasteiger partial charge on any atom is 0.330 e. The summed E-state index contributed by atoms with van der Waals surface area (Å²) in [6, 6.07) is 20.5. The van der Waals surface area contributed by atoms with Crippen molar-refractivity contribution < 1.29 is 23.5 Å². The minimum absolute atomic E-state index is 0.230. The van der Waals surface area contributed by atoms with Crippen LogP contribution in [0.15, 0.2) is 85.1 Å². The molecular formula is C28H18FNO4S. The van der Waals surface area contributed by atoms with Crippen LogP contribution in [0, 0.1) is 5.82 Å². The van der Waals surface area contributed by atoms with Gasteiger partial charge in [-0.2, -0.15) is 0 Å². The summed E-state index contributed by atoms with van der Waals surface area (Å²) >= 11 is 1.19. The summed E-state index contributed by atoms with van der Waals surface area (Å²) in [5.74, 6) is -0.200. The van der Waals surface area contributed by atoms with Crippen LogP contribution < -0.4 is 4.74 Å². The number of aromatic nitrogens is 1. The van der Waals surface area contributed by atoms with E-state index < -0.39 is 5.97 Å². The molecule has 172 valence electrons. The zero-order valence-electron chi connectivity index (χ0n) is 18.5. The number of carbonyl (C=O) groups excluding carboxylic acids is 2. The van der Waals surface area contributed by atoms with Crippen LogP contribution in [0.25, 0.3) is 27.1 Å². The predicted octanol–water partition coefficient (Wildman–Crippen LogP) is 6.80. The fourth-order valence-corrected chi connectivity index (χ4v) is 4.75. The summed E-state index contributed by atoms with van der Waals surface area (Å²) in [6.07, 6.45) is 4.63. The topological polar surface area (TPSA) is 65.5 Å². The van der Waals surface area contributed by atoms with Gasteiger partial charge in [-0.3, -0.25) is 9.78 Å². The van der Waals surface area contributed by atoms with Gasteiger partial charge in [0.05, 0.1) is 12.6 Å². The van der Waals surface area contributed by atoms with E-state index in [0.717, 1.165) is 10.9 Å². The first kappa shape index (κ1) is 22.4. The van der Waals surface area contributed by atoms with E-state index in [0.29, 0.717) is 37.5 Å². The van der Waals surface area contributed by atoms with E-state index in [1.165, 1.54) is 36.7 Å². The second-order valence-electron chi connectivity index (χ2n) is 7.67. The number of rotatable bonds is 6. The Labute approximate surface area is 204 Å². The van der Waals surface area contributed by atoms with Crippen molar-refractivity contribution >= 4 is 50.2 Å². The van der Waals surface area contributed by atoms with Crippen molar-refractivity contribution in [3.63, 3.8) is 0 Å². The average molecular weight is 484 g/mol. The van der Waals surface area contributed by atoms with E-state index in [4.69, 9.17) is 4.74 Å². The molecule has 0 radical (unpaired) electrons. The lowest BCUT2D eigenvalue weighted by Gasteiger charge is -2.08. The largest absolute Gasteiger partial charge is 0.466 e. The zero-order chi connectivity index (χ0) is 24.4. The quantitative estimate of drug-likeness (QED) is 0.151. The van der Waals surface area contributed by atoms with Crippen LogP contribution >= 0.6 is 11.3 Å². The number of carbonyl (C=O) groups is 2. The zero-order valence-corrected chi connectivity index (χ0v) is 19.3. The summed E-state index contributed by atoms with van der Waals surface area (Å²) in [6.45, 7) is 0. The van der Waals surface area contributed by atoms with E-state index in [1.54, 1.807) is 54.7 Å². The standard InChI is InChI=1S/C28H18FNO4S/c1-33-25(31)13-6-17-4-10-21(11-5-17)34-27-22-12-9-20(29)16-24(22)35-28(27)26(32)19-8-7-18-3-2-14-30-23(18)15-19/h2-16H,1H3/b13-6+. The first-order chi connectivity index (χ1) is 17.0. The summed E-state index contributed by atoms with van der Waals surface area (Å²) in [5.41, 5.74) is 1.96. The van der Waals surface area contributed by atoms with Gasteiger partial charge >= 0.3 is 5.97 Å². The van der Waals surface area contributed by atoms with Crippen LogP contribution in [-0.2, 0) is 9.53 Å². The van der Waals surface area contributed by atoms with Gasteiger partial charge in [0.2, 0.25) is 5.78 Å². The molecule has 0 spiro atoms. The van der Waals surface area contributed by atoms with Crippen molar-refractivity contribution in [2.75, 3.05) is 7.11 Å². The van der Waals surface area contributed by atoms with Crippen LogP contribution in [0.2, 0.25) is 0 Å². The highest BCUT2D eigenvalue weighted by Gasteiger charge is 2.22. The van der Waals surface area contributed by atoms with Crippen molar-refractivity contribution in [3.8, 4) is 11.5 Å². The fourth-order valence-electron chi connectivity index (χ4n) is 3.63. The lowest BCUT2D eigenvalue weighted by Crippen LogP contribution is -2.01. The molecule has 0 bridgehead atoms. The third-order valence-corrected chi connectivity index (χ3v) is 6.53. The number of thiophene rings is 1. The molecule has 0 saturated heterocycles. The Bertz CT molecular complexity index is 1610. The highest BCUT2D eigenvalue weighted by Crippen LogP contribution is 2.42. The summed E-state index contributed by atoms with van der Waals surface area (Å²) in [4.78, 5) is 29.6. The van der Waals surface area contributed by atoms with Crippen molar-refractivity contribution in [2.45, 2.75) is 0 Å². The molecule has 0 fully saturated rings. The average Bonchev–Trinajstić information content (AvgIpc) is 3.24. The summed E-state index contributed by atoms with van der Waals surface area (Å²) in [5, 5.41) is 1.58. The number of pyridine rings is 1. The molecule has 2 aromatic heterocycles. The molecule has 0 atom stereocenters. The molecule has 0 aliphatic rings. The lowest BCUT2D eigenvalue weighted by atomic mass is 10.1. The highest BCUT2D eigenvalue weighted by atomic mass is 32.1. The lowest BCUT2D eigenvalue weighted by molar-refractivity contribution is -0.134. The first-order valence-electron chi connectivity index (χ1n) is 10.7. The number of hydrogen-bond acceptors (Lipinski definition) is 6. The third kappa shape index (κ3) is 4.67. The van der Waals surface area contributed by atoms with Gasteiger partial charge in [0.25, 0.3) is 0 Å². The van der Waals surface area contributed by atoms with Gasteiger partial charge in [0, 0.05) is 33.3 Å². The molecule has 5 nitrogen and oxygen atoms in total. The Balaban J connectivity index is 1.52. The molecule has 0 amide bonds. The van der Waals surface area contributed by atoms with Gasteiger partial charge in [0.15, 0.2) is 5.75 Å². The van der Waals surface area contributed by atoms with Gasteiger partial charge in [-0.15, -0.1) is 11.3 Å². The monoisotopic (exact) mass is 483 g/mol. The molecule has 35 heavy (non-hydrogen) atoms. The maximum absolute atomic E-state index is 13.9. The molecule has 5 aromatic rings. The van der Waals surface area contributed by atoms with E-state index in [9.17, 15) is 14.0 Å². The van der Waals surface area contributed by atoms with E-state index in [2.05, 4.69) is 9.72 Å². The van der Waals surface area contributed by atoms with Crippen LogP contribution in [-0.4, -0.2) is 23.8 Å². The van der Waals surface area contributed by atoms with Crippen LogP contribution in [0.5, 0.6) is 11.5 Å². The van der Waals surface area contributed by atoms with Crippen molar-refractivity contribution in [3.05, 3.63) is 107 Å². The molecule has 7 heteroatoms. The molecule has 2 heterocycles. The van der Waals surface area contributed by atoms with Crippen molar-refractivity contribution in [1.82, 2.24) is 4.98 Å². The Morgan fingerprint density at radius 1 is 1.00 bits per heavy atom. The third-order valence-electron chi connectivity index (χ3n) is 5.39. The molecule has 0 unspecified atom stereocenters. The number of halogens is 1. The second kappa shape index (κ2) is 9.48. The number of ether oxygens (including phenoxy) is 2. The Morgan fingerprint density at radius 2 is 1.83 bits per heavy atom. The number of ketones is 1. The maximum atomic E-state index is 13.9. The fraction of sp³-hybridized carbons (Fsp3) is 0.0357. The summed E-state index contributed by atoms with van der Waals surface area (Å²) < 4.78 is 25.3. The van der Waals surface area contributed by atoms with Crippen molar-refractivity contribution in [1.29, 1.82) is 0 Å².